The summed E-state index contributed by atoms with van der Waals surface area (Å²) >= 11 is 5.64. The van der Waals surface area contributed by atoms with E-state index in [1.165, 1.54) is 19.1 Å². The molecule has 104 valence electrons. The van der Waals surface area contributed by atoms with Crippen molar-refractivity contribution in [2.75, 3.05) is 13.7 Å². The average Bonchev–Trinajstić information content (AvgIpc) is 2.36. The summed E-state index contributed by atoms with van der Waals surface area (Å²) in [7, 11) is 1.11. The summed E-state index contributed by atoms with van der Waals surface area (Å²) in [6.07, 6.45) is 0. The van der Waals surface area contributed by atoms with Crippen molar-refractivity contribution in [3.8, 4) is 5.75 Å². The van der Waals surface area contributed by atoms with Crippen LogP contribution in [0.25, 0.3) is 0 Å². The molecule has 1 rings (SSSR count). The second-order valence-electron chi connectivity index (χ2n) is 3.92. The maximum absolute atomic E-state index is 11.2. The number of aliphatic hydroxyl groups is 1. The van der Waals surface area contributed by atoms with Gasteiger partial charge in [-0.1, -0.05) is 11.6 Å². The van der Waals surface area contributed by atoms with Crippen LogP contribution in [0.1, 0.15) is 6.92 Å². The largest absolute Gasteiger partial charge is 0.483 e. The molecule has 8 heteroatoms. The van der Waals surface area contributed by atoms with Gasteiger partial charge in [-0.2, -0.15) is 0 Å². The van der Waals surface area contributed by atoms with Crippen LogP contribution in [0.3, 0.4) is 0 Å². The van der Waals surface area contributed by atoms with E-state index in [2.05, 4.69) is 4.74 Å². The number of nitro benzene ring substituents is 1. The Morgan fingerprint density at radius 1 is 1.58 bits per heavy atom. The lowest BCUT2D eigenvalue weighted by Crippen LogP contribution is -2.42. The molecule has 19 heavy (non-hydrogen) atoms. The molecule has 0 fully saturated rings. The first kappa shape index (κ1) is 15.2. The van der Waals surface area contributed by atoms with Crippen LogP contribution < -0.4 is 4.74 Å². The van der Waals surface area contributed by atoms with Gasteiger partial charge in [0.1, 0.15) is 6.61 Å². The van der Waals surface area contributed by atoms with Crippen molar-refractivity contribution in [3.05, 3.63) is 33.3 Å². The Morgan fingerprint density at radius 2 is 2.21 bits per heavy atom. The molecule has 0 aliphatic rings. The zero-order valence-electron chi connectivity index (χ0n) is 10.3. The number of carbonyl (C=O) groups is 1. The van der Waals surface area contributed by atoms with E-state index in [1.54, 1.807) is 0 Å². The predicted molar refractivity (Wildman–Crippen MR) is 66.2 cm³/mol. The smallest absolute Gasteiger partial charge is 0.341 e. The summed E-state index contributed by atoms with van der Waals surface area (Å²) in [6, 6.07) is 3.80. The second-order valence-corrected chi connectivity index (χ2v) is 4.36. The SMILES string of the molecule is COC(=O)C(C)(O)COc1ccc(Cl)cc1[N+](=O)[O-]. The molecule has 0 spiro atoms. The zero-order valence-corrected chi connectivity index (χ0v) is 11.0. The van der Waals surface area contributed by atoms with Crippen LogP contribution in [0.15, 0.2) is 18.2 Å². The highest BCUT2D eigenvalue weighted by atomic mass is 35.5. The van der Waals surface area contributed by atoms with Crippen molar-refractivity contribution < 1.29 is 24.3 Å². The fourth-order valence-electron chi connectivity index (χ4n) is 1.25. The Labute approximate surface area is 113 Å². The summed E-state index contributed by atoms with van der Waals surface area (Å²) in [5, 5.41) is 20.7. The van der Waals surface area contributed by atoms with Gasteiger partial charge < -0.3 is 14.6 Å². The van der Waals surface area contributed by atoms with Gasteiger partial charge in [0.15, 0.2) is 11.4 Å². The summed E-state index contributed by atoms with van der Waals surface area (Å²) in [5.41, 5.74) is -2.25. The number of nitro groups is 1. The van der Waals surface area contributed by atoms with Crippen LogP contribution in [0.2, 0.25) is 5.02 Å². The predicted octanol–water partition coefficient (Wildman–Crippen LogP) is 1.55. The van der Waals surface area contributed by atoms with Gasteiger partial charge in [0, 0.05) is 11.1 Å². The Morgan fingerprint density at radius 3 is 2.74 bits per heavy atom. The Bertz CT molecular complexity index is 502. The summed E-state index contributed by atoms with van der Waals surface area (Å²) < 4.78 is 9.47. The van der Waals surface area contributed by atoms with E-state index in [1.807, 2.05) is 0 Å². The number of nitrogens with zero attached hydrogens (tertiary/aromatic N) is 1. The molecule has 0 heterocycles. The minimum Gasteiger partial charge on any atom is -0.483 e. The molecule has 1 aromatic rings. The normalized spacial score (nSPS) is 13.5. The maximum atomic E-state index is 11.2. The van der Waals surface area contributed by atoms with Crippen LogP contribution in [0.4, 0.5) is 5.69 Å². The number of rotatable bonds is 5. The van der Waals surface area contributed by atoms with Crippen LogP contribution >= 0.6 is 11.6 Å². The third-order valence-electron chi connectivity index (χ3n) is 2.25. The molecule has 0 aliphatic heterocycles. The van der Waals surface area contributed by atoms with E-state index >= 15 is 0 Å². The Kier molecular flexibility index (Phi) is 4.68. The number of hydrogen-bond acceptors (Lipinski definition) is 6. The lowest BCUT2D eigenvalue weighted by Gasteiger charge is -2.20. The van der Waals surface area contributed by atoms with Crippen molar-refractivity contribution in [3.63, 3.8) is 0 Å². The minimum absolute atomic E-state index is 0.0985. The fraction of sp³-hybridized carbons (Fsp3) is 0.364. The molecule has 0 aromatic heterocycles. The highest BCUT2D eigenvalue weighted by Crippen LogP contribution is 2.30. The standard InChI is InChI=1S/C11H12ClNO6/c1-11(15,10(14)18-2)6-19-9-4-3-7(12)5-8(9)13(16)17/h3-5,15H,6H2,1-2H3. The fourth-order valence-corrected chi connectivity index (χ4v) is 1.42. The molecule has 0 amide bonds. The minimum atomic E-state index is -1.90. The van der Waals surface area contributed by atoms with Crippen LogP contribution in [-0.4, -0.2) is 35.3 Å². The third kappa shape index (κ3) is 3.80. The van der Waals surface area contributed by atoms with E-state index in [-0.39, 0.29) is 16.5 Å². The van der Waals surface area contributed by atoms with Gasteiger partial charge in [-0.15, -0.1) is 0 Å². The van der Waals surface area contributed by atoms with E-state index in [0.717, 1.165) is 13.2 Å². The lowest BCUT2D eigenvalue weighted by atomic mass is 10.1. The highest BCUT2D eigenvalue weighted by molar-refractivity contribution is 6.30. The number of halogens is 1. The molecular weight excluding hydrogens is 278 g/mol. The van der Waals surface area contributed by atoms with Crippen molar-refractivity contribution in [1.82, 2.24) is 0 Å². The first-order valence-corrected chi connectivity index (χ1v) is 5.53. The lowest BCUT2D eigenvalue weighted by molar-refractivity contribution is -0.386. The number of carbonyl (C=O) groups excluding carboxylic acids is 1. The van der Waals surface area contributed by atoms with Crippen molar-refractivity contribution >= 4 is 23.3 Å². The van der Waals surface area contributed by atoms with Crippen LogP contribution in [-0.2, 0) is 9.53 Å². The first-order chi connectivity index (χ1) is 8.77. The van der Waals surface area contributed by atoms with Gasteiger partial charge >= 0.3 is 11.7 Å². The number of methoxy groups -OCH3 is 1. The number of esters is 1. The van der Waals surface area contributed by atoms with E-state index in [4.69, 9.17) is 16.3 Å². The highest BCUT2D eigenvalue weighted by Gasteiger charge is 2.33. The van der Waals surface area contributed by atoms with Crippen molar-refractivity contribution in [1.29, 1.82) is 0 Å². The van der Waals surface area contributed by atoms with Crippen molar-refractivity contribution in [2.24, 2.45) is 0 Å². The molecular formula is C11H12ClNO6. The number of hydrogen-bond donors (Lipinski definition) is 1. The van der Waals surface area contributed by atoms with E-state index in [9.17, 15) is 20.0 Å². The molecule has 0 radical (unpaired) electrons. The Balaban J connectivity index is 2.89. The van der Waals surface area contributed by atoms with Gasteiger partial charge in [-0.25, -0.2) is 4.79 Å². The van der Waals surface area contributed by atoms with Crippen LogP contribution in [0, 0.1) is 10.1 Å². The second kappa shape index (κ2) is 5.85. The summed E-state index contributed by atoms with van der Waals surface area (Å²) in [5.74, 6) is -0.998. The maximum Gasteiger partial charge on any atom is 0.341 e. The van der Waals surface area contributed by atoms with Gasteiger partial charge in [0.25, 0.3) is 0 Å². The number of ether oxygens (including phenoxy) is 2. The van der Waals surface area contributed by atoms with Crippen molar-refractivity contribution in [2.45, 2.75) is 12.5 Å². The molecule has 1 aromatic carbocycles. The quantitative estimate of drug-likeness (QED) is 0.501. The molecule has 1 atom stereocenters. The number of benzene rings is 1. The van der Waals surface area contributed by atoms with E-state index < -0.39 is 23.1 Å². The van der Waals surface area contributed by atoms with Gasteiger partial charge in [0.2, 0.25) is 0 Å². The van der Waals surface area contributed by atoms with Gasteiger partial charge in [-0.3, -0.25) is 10.1 Å². The van der Waals surface area contributed by atoms with Gasteiger partial charge in [-0.05, 0) is 19.1 Å². The molecule has 0 saturated heterocycles. The van der Waals surface area contributed by atoms with E-state index in [0.29, 0.717) is 0 Å². The third-order valence-corrected chi connectivity index (χ3v) is 2.49. The molecule has 0 aliphatic carbocycles. The molecule has 0 bridgehead atoms. The zero-order chi connectivity index (χ0) is 14.6. The Hall–Kier alpha value is -1.86. The average molecular weight is 290 g/mol. The first-order valence-electron chi connectivity index (χ1n) is 5.15. The van der Waals surface area contributed by atoms with Crippen LogP contribution in [0.5, 0.6) is 5.75 Å². The molecule has 1 unspecified atom stereocenters. The molecule has 7 nitrogen and oxygen atoms in total. The molecule has 0 saturated carbocycles. The topological polar surface area (TPSA) is 98.9 Å². The monoisotopic (exact) mass is 289 g/mol. The molecule has 1 N–H and O–H groups in total. The summed E-state index contributed by atoms with van der Waals surface area (Å²) in [6.45, 7) is 0.697. The summed E-state index contributed by atoms with van der Waals surface area (Å²) in [4.78, 5) is 21.3. The van der Waals surface area contributed by atoms with Gasteiger partial charge in [0.05, 0.1) is 12.0 Å².